The van der Waals surface area contributed by atoms with Crippen LogP contribution >= 0.6 is 0 Å². The number of benzene rings is 1. The van der Waals surface area contributed by atoms with E-state index in [4.69, 9.17) is 13.9 Å². The first-order valence-electron chi connectivity index (χ1n) is 7.76. The van der Waals surface area contributed by atoms with E-state index in [0.717, 1.165) is 0 Å². The minimum Gasteiger partial charge on any atom is -0.463 e. The van der Waals surface area contributed by atoms with E-state index in [1.165, 1.54) is 7.11 Å². The number of hydrogen-bond acceptors (Lipinski definition) is 6. The summed E-state index contributed by atoms with van der Waals surface area (Å²) in [6, 6.07) is 5.11. The van der Waals surface area contributed by atoms with Crippen molar-refractivity contribution in [2.24, 2.45) is 0 Å². The van der Waals surface area contributed by atoms with Crippen LogP contribution in [-0.4, -0.2) is 34.0 Å². The molecule has 2 rings (SSSR count). The van der Waals surface area contributed by atoms with Gasteiger partial charge in [-0.1, -0.05) is 26.8 Å². The van der Waals surface area contributed by atoms with Crippen molar-refractivity contribution in [1.82, 2.24) is 0 Å². The molecule has 0 radical (unpaired) electrons. The summed E-state index contributed by atoms with van der Waals surface area (Å²) in [5, 5.41) is -0.113. The zero-order chi connectivity index (χ0) is 18.1. The lowest BCUT2D eigenvalue weighted by Gasteiger charge is -2.38. The summed E-state index contributed by atoms with van der Waals surface area (Å²) < 4.78 is 21.5. The standard InChI is InChI=1S/C17H24O6Si/c1-17(2,3)24(5,6)23-15(14(18)16(19)20-4)11-7-8-12-13(9-11)22-10-21-12/h7-9,15H,10H2,1-6H3. The van der Waals surface area contributed by atoms with Gasteiger partial charge in [-0.25, -0.2) is 4.79 Å². The maximum absolute atomic E-state index is 12.5. The second-order valence-corrected chi connectivity index (χ2v) is 12.0. The van der Waals surface area contributed by atoms with E-state index in [2.05, 4.69) is 25.5 Å². The molecule has 0 saturated heterocycles. The number of fused-ring (bicyclic) bond motifs is 1. The van der Waals surface area contributed by atoms with Crippen molar-refractivity contribution in [2.45, 2.75) is 45.0 Å². The number of rotatable bonds is 5. The fourth-order valence-corrected chi connectivity index (χ4v) is 3.21. The van der Waals surface area contributed by atoms with Gasteiger partial charge in [0.2, 0.25) is 6.79 Å². The number of methoxy groups -OCH3 is 1. The predicted octanol–water partition coefficient (Wildman–Crippen LogP) is 3.22. The van der Waals surface area contributed by atoms with Gasteiger partial charge in [-0.2, -0.15) is 0 Å². The maximum Gasteiger partial charge on any atom is 0.377 e. The van der Waals surface area contributed by atoms with Gasteiger partial charge in [0.25, 0.3) is 5.78 Å². The van der Waals surface area contributed by atoms with Crippen molar-refractivity contribution in [2.75, 3.05) is 13.9 Å². The first-order valence-corrected chi connectivity index (χ1v) is 10.7. The Hall–Kier alpha value is -1.86. The van der Waals surface area contributed by atoms with Crippen LogP contribution in [0.1, 0.15) is 32.4 Å². The van der Waals surface area contributed by atoms with E-state index in [0.29, 0.717) is 17.1 Å². The fraction of sp³-hybridized carbons (Fsp3) is 0.529. The molecular weight excluding hydrogens is 328 g/mol. The maximum atomic E-state index is 12.5. The van der Waals surface area contributed by atoms with Crippen LogP contribution in [0.5, 0.6) is 11.5 Å². The number of ketones is 1. The molecule has 0 N–H and O–H groups in total. The van der Waals surface area contributed by atoms with Gasteiger partial charge in [-0.15, -0.1) is 0 Å². The van der Waals surface area contributed by atoms with Crippen molar-refractivity contribution in [1.29, 1.82) is 0 Å². The third-order valence-electron chi connectivity index (χ3n) is 4.54. The van der Waals surface area contributed by atoms with Crippen LogP contribution < -0.4 is 9.47 Å². The molecule has 1 aliphatic rings. The minimum absolute atomic E-state index is 0.113. The van der Waals surface area contributed by atoms with Crippen LogP contribution in [-0.2, 0) is 18.8 Å². The number of carbonyl (C=O) groups is 2. The van der Waals surface area contributed by atoms with E-state index in [9.17, 15) is 9.59 Å². The molecule has 0 spiro atoms. The Morgan fingerprint density at radius 3 is 2.38 bits per heavy atom. The first kappa shape index (κ1) is 18.5. The normalized spacial score (nSPS) is 15.1. The Kier molecular flexibility index (Phi) is 5.05. The Morgan fingerprint density at radius 2 is 1.79 bits per heavy atom. The van der Waals surface area contributed by atoms with Crippen molar-refractivity contribution >= 4 is 20.1 Å². The molecule has 1 aliphatic heterocycles. The van der Waals surface area contributed by atoms with Crippen LogP contribution in [0.2, 0.25) is 18.1 Å². The van der Waals surface area contributed by atoms with Gasteiger partial charge in [0.1, 0.15) is 6.10 Å². The quantitative estimate of drug-likeness (QED) is 0.460. The van der Waals surface area contributed by atoms with Gasteiger partial charge >= 0.3 is 5.97 Å². The molecule has 24 heavy (non-hydrogen) atoms. The highest BCUT2D eigenvalue weighted by Gasteiger charge is 2.42. The van der Waals surface area contributed by atoms with E-state index >= 15 is 0 Å². The molecule has 1 aromatic rings. The number of carbonyl (C=O) groups excluding carboxylic acids is 2. The van der Waals surface area contributed by atoms with E-state index < -0.39 is 26.2 Å². The zero-order valence-electron chi connectivity index (χ0n) is 15.0. The number of ether oxygens (including phenoxy) is 3. The summed E-state index contributed by atoms with van der Waals surface area (Å²) >= 11 is 0. The van der Waals surface area contributed by atoms with Gasteiger partial charge in [0, 0.05) is 0 Å². The molecule has 0 bridgehead atoms. The van der Waals surface area contributed by atoms with Crippen LogP contribution in [0, 0.1) is 0 Å². The second-order valence-electron chi connectivity index (χ2n) is 7.23. The smallest absolute Gasteiger partial charge is 0.377 e. The van der Waals surface area contributed by atoms with E-state index in [-0.39, 0.29) is 11.8 Å². The summed E-state index contributed by atoms with van der Waals surface area (Å²) in [5.41, 5.74) is 0.555. The van der Waals surface area contributed by atoms with Gasteiger partial charge in [0.05, 0.1) is 7.11 Å². The predicted molar refractivity (Wildman–Crippen MR) is 90.6 cm³/mol. The van der Waals surface area contributed by atoms with E-state index in [1.54, 1.807) is 18.2 Å². The fourth-order valence-electron chi connectivity index (χ4n) is 2.03. The number of Topliss-reactive ketones (excluding diaryl/α,β-unsaturated/α-hetero) is 1. The molecule has 1 atom stereocenters. The average molecular weight is 352 g/mol. The minimum atomic E-state index is -2.30. The molecule has 0 amide bonds. The first-order chi connectivity index (χ1) is 11.1. The Morgan fingerprint density at radius 1 is 1.17 bits per heavy atom. The van der Waals surface area contributed by atoms with Gasteiger partial charge in [-0.05, 0) is 35.8 Å². The lowest BCUT2D eigenvalue weighted by molar-refractivity contribution is -0.155. The monoisotopic (exact) mass is 352 g/mol. The molecule has 7 heteroatoms. The van der Waals surface area contributed by atoms with Gasteiger partial charge < -0.3 is 18.6 Å². The van der Waals surface area contributed by atoms with Crippen molar-refractivity contribution in [3.63, 3.8) is 0 Å². The largest absolute Gasteiger partial charge is 0.463 e. The Labute approximate surface area is 143 Å². The number of esters is 1. The summed E-state index contributed by atoms with van der Waals surface area (Å²) in [6.45, 7) is 10.4. The molecule has 132 valence electrons. The summed E-state index contributed by atoms with van der Waals surface area (Å²) in [7, 11) is -1.11. The Balaban J connectivity index is 2.40. The van der Waals surface area contributed by atoms with Crippen LogP contribution in [0.3, 0.4) is 0 Å². The Bertz CT molecular complexity index is 647. The SMILES string of the molecule is COC(=O)C(=O)C(O[Si](C)(C)C(C)(C)C)c1ccc2c(c1)OCO2. The average Bonchev–Trinajstić information content (AvgIpc) is 2.97. The lowest BCUT2D eigenvalue weighted by atomic mass is 10.1. The highest BCUT2D eigenvalue weighted by Crippen LogP contribution is 2.41. The molecule has 6 nitrogen and oxygen atoms in total. The van der Waals surface area contributed by atoms with Crippen LogP contribution in [0.4, 0.5) is 0 Å². The topological polar surface area (TPSA) is 71.1 Å². The molecule has 0 saturated carbocycles. The van der Waals surface area contributed by atoms with Crippen LogP contribution in [0.25, 0.3) is 0 Å². The van der Waals surface area contributed by atoms with Crippen LogP contribution in [0.15, 0.2) is 18.2 Å². The van der Waals surface area contributed by atoms with Crippen molar-refractivity contribution in [3.8, 4) is 11.5 Å². The second kappa shape index (κ2) is 6.56. The third-order valence-corrected chi connectivity index (χ3v) is 8.98. The molecule has 1 aromatic carbocycles. The highest BCUT2D eigenvalue weighted by atomic mass is 28.4. The summed E-state index contributed by atoms with van der Waals surface area (Å²) in [6.07, 6.45) is -1.02. The molecule has 0 aromatic heterocycles. The van der Waals surface area contributed by atoms with Gasteiger partial charge in [0.15, 0.2) is 19.8 Å². The zero-order valence-corrected chi connectivity index (χ0v) is 16.0. The molecule has 1 heterocycles. The summed E-state index contributed by atoms with van der Waals surface area (Å²) in [5.74, 6) is -0.498. The lowest BCUT2D eigenvalue weighted by Crippen LogP contribution is -2.44. The number of hydrogen-bond donors (Lipinski definition) is 0. The van der Waals surface area contributed by atoms with Crippen molar-refractivity contribution in [3.05, 3.63) is 23.8 Å². The summed E-state index contributed by atoms with van der Waals surface area (Å²) in [4.78, 5) is 24.3. The molecule has 0 fully saturated rings. The van der Waals surface area contributed by atoms with Crippen molar-refractivity contribution < 1.29 is 28.2 Å². The third kappa shape index (κ3) is 3.62. The molecular formula is C17H24O6Si. The van der Waals surface area contributed by atoms with E-state index in [1.807, 2.05) is 13.1 Å². The molecule has 1 unspecified atom stereocenters. The highest BCUT2D eigenvalue weighted by molar-refractivity contribution is 6.74. The van der Waals surface area contributed by atoms with Gasteiger partial charge in [-0.3, -0.25) is 4.79 Å². The molecule has 0 aliphatic carbocycles.